The van der Waals surface area contributed by atoms with Crippen LogP contribution in [0.25, 0.3) is 0 Å². The molecule has 1 aromatic carbocycles. The van der Waals surface area contributed by atoms with E-state index in [0.29, 0.717) is 12.2 Å². The average Bonchev–Trinajstić information content (AvgIpc) is 2.37. The molecule has 6 heteroatoms. The fraction of sp³-hybridized carbons (Fsp3) is 0.333. The number of benzene rings is 1. The average molecular weight is 265 g/mol. The van der Waals surface area contributed by atoms with Gasteiger partial charge in [0.05, 0.1) is 17.5 Å². The van der Waals surface area contributed by atoms with Crippen LogP contribution in [0.5, 0.6) is 0 Å². The van der Waals surface area contributed by atoms with Gasteiger partial charge < -0.3 is 11.5 Å². The number of carbonyl (C=O) groups is 2. The smallest absolute Gasteiger partial charge is 0.250 e. The Morgan fingerprint density at radius 3 is 2.89 bits per heavy atom. The van der Waals surface area contributed by atoms with Crippen LogP contribution in [0.4, 0.5) is 5.69 Å². The molecule has 0 fully saturated rings. The summed E-state index contributed by atoms with van der Waals surface area (Å²) in [6.07, 6.45) is 0. The molecule has 1 aromatic rings. The first-order chi connectivity index (χ1) is 8.54. The topological polar surface area (TPSA) is 89.4 Å². The Balaban J connectivity index is 2.48. The summed E-state index contributed by atoms with van der Waals surface area (Å²) in [4.78, 5) is 26.0. The lowest BCUT2D eigenvalue weighted by Crippen LogP contribution is -2.48. The monoisotopic (exact) mass is 265 g/mol. The Hall–Kier alpha value is -1.37. The maximum atomic E-state index is 12.0. The van der Waals surface area contributed by atoms with Crippen molar-refractivity contribution in [3.63, 3.8) is 0 Å². The van der Waals surface area contributed by atoms with Crippen LogP contribution < -0.4 is 16.4 Å². The van der Waals surface area contributed by atoms with Gasteiger partial charge >= 0.3 is 0 Å². The van der Waals surface area contributed by atoms with Gasteiger partial charge in [-0.3, -0.25) is 9.59 Å². The molecule has 1 aliphatic rings. The molecule has 5 nitrogen and oxygen atoms in total. The molecule has 1 aliphatic heterocycles. The van der Waals surface area contributed by atoms with Crippen molar-refractivity contribution in [2.24, 2.45) is 11.5 Å². The van der Waals surface area contributed by atoms with Crippen molar-refractivity contribution in [3.8, 4) is 0 Å². The molecule has 1 unspecified atom stereocenters. The molecule has 2 rings (SSSR count). The van der Waals surface area contributed by atoms with Gasteiger partial charge in [0, 0.05) is 11.4 Å². The summed E-state index contributed by atoms with van der Waals surface area (Å²) in [5.41, 5.74) is 12.6. The number of carbonyl (C=O) groups excluding carboxylic acids is 2. The van der Waals surface area contributed by atoms with Crippen molar-refractivity contribution in [2.75, 3.05) is 10.7 Å². The van der Waals surface area contributed by atoms with E-state index in [1.165, 1.54) is 16.7 Å². The molecule has 0 aliphatic carbocycles. The third kappa shape index (κ3) is 2.27. The first kappa shape index (κ1) is 13.1. The SMILES string of the molecule is CC(N)C(=O)N1C(=O)CSc2ccc(CN)cc21. The third-order valence-corrected chi connectivity index (χ3v) is 3.76. The molecular formula is C12H15N3O2S. The lowest BCUT2D eigenvalue weighted by Gasteiger charge is -2.28. The number of fused-ring (bicyclic) bond motifs is 1. The number of imide groups is 1. The molecule has 1 atom stereocenters. The van der Waals surface area contributed by atoms with Gasteiger partial charge in [-0.15, -0.1) is 11.8 Å². The van der Waals surface area contributed by atoms with Crippen molar-refractivity contribution in [2.45, 2.75) is 24.4 Å². The van der Waals surface area contributed by atoms with Gasteiger partial charge in [0.1, 0.15) is 0 Å². The van der Waals surface area contributed by atoms with E-state index in [1.807, 2.05) is 12.1 Å². The van der Waals surface area contributed by atoms with E-state index in [0.717, 1.165) is 10.5 Å². The van der Waals surface area contributed by atoms with Crippen LogP contribution in [0.15, 0.2) is 23.1 Å². The zero-order valence-corrected chi connectivity index (χ0v) is 10.9. The van der Waals surface area contributed by atoms with Crippen LogP contribution in [-0.4, -0.2) is 23.6 Å². The zero-order valence-electron chi connectivity index (χ0n) is 10.1. The maximum Gasteiger partial charge on any atom is 0.250 e. The van der Waals surface area contributed by atoms with Gasteiger partial charge in [0.2, 0.25) is 11.8 Å². The molecule has 96 valence electrons. The molecule has 2 amide bonds. The van der Waals surface area contributed by atoms with Crippen molar-refractivity contribution >= 4 is 29.3 Å². The number of hydrogen-bond donors (Lipinski definition) is 2. The minimum absolute atomic E-state index is 0.232. The lowest BCUT2D eigenvalue weighted by atomic mass is 10.1. The third-order valence-electron chi connectivity index (χ3n) is 2.71. The lowest BCUT2D eigenvalue weighted by molar-refractivity contribution is -0.125. The molecule has 4 N–H and O–H groups in total. The zero-order chi connectivity index (χ0) is 13.3. The second-order valence-corrected chi connectivity index (χ2v) is 5.17. The Bertz CT molecular complexity index is 502. The molecular weight excluding hydrogens is 250 g/mol. The first-order valence-electron chi connectivity index (χ1n) is 5.62. The van der Waals surface area contributed by atoms with Gasteiger partial charge in [-0.25, -0.2) is 4.90 Å². The van der Waals surface area contributed by atoms with Gasteiger partial charge in [-0.2, -0.15) is 0 Å². The molecule has 1 heterocycles. The van der Waals surface area contributed by atoms with Gasteiger partial charge in [0.25, 0.3) is 0 Å². The Kier molecular flexibility index (Phi) is 3.70. The number of nitrogens with two attached hydrogens (primary N) is 2. The quantitative estimate of drug-likeness (QED) is 0.810. The number of hydrogen-bond acceptors (Lipinski definition) is 5. The highest BCUT2D eigenvalue weighted by Crippen LogP contribution is 2.36. The normalized spacial score (nSPS) is 16.4. The summed E-state index contributed by atoms with van der Waals surface area (Å²) in [5, 5.41) is 0. The van der Waals surface area contributed by atoms with Crippen molar-refractivity contribution in [1.82, 2.24) is 0 Å². The van der Waals surface area contributed by atoms with Gasteiger partial charge in [-0.1, -0.05) is 6.07 Å². The fourth-order valence-corrected chi connectivity index (χ4v) is 2.64. The largest absolute Gasteiger partial charge is 0.326 e. The second kappa shape index (κ2) is 5.09. The Labute approximate surface area is 110 Å². The van der Waals surface area contributed by atoms with Crippen LogP contribution >= 0.6 is 11.8 Å². The number of nitrogens with zero attached hydrogens (tertiary/aromatic N) is 1. The summed E-state index contributed by atoms with van der Waals surface area (Å²) >= 11 is 1.42. The minimum atomic E-state index is -0.702. The summed E-state index contributed by atoms with van der Waals surface area (Å²) in [6, 6.07) is 4.86. The molecule has 0 saturated carbocycles. The Morgan fingerprint density at radius 2 is 2.28 bits per heavy atom. The Morgan fingerprint density at radius 1 is 1.56 bits per heavy atom. The van der Waals surface area contributed by atoms with Crippen LogP contribution in [-0.2, 0) is 16.1 Å². The van der Waals surface area contributed by atoms with E-state index in [1.54, 1.807) is 13.0 Å². The fourth-order valence-electron chi connectivity index (χ4n) is 1.77. The second-order valence-electron chi connectivity index (χ2n) is 4.15. The van der Waals surface area contributed by atoms with Crippen LogP contribution in [0, 0.1) is 0 Å². The van der Waals surface area contributed by atoms with Crippen molar-refractivity contribution in [3.05, 3.63) is 23.8 Å². The molecule has 0 saturated heterocycles. The number of amides is 2. The maximum absolute atomic E-state index is 12.0. The molecule has 18 heavy (non-hydrogen) atoms. The highest BCUT2D eigenvalue weighted by atomic mass is 32.2. The standard InChI is InChI=1S/C12H15N3O2S/c1-7(14)12(17)15-9-4-8(5-13)2-3-10(9)18-6-11(15)16/h2-4,7H,5-6,13-14H2,1H3. The summed E-state index contributed by atoms with van der Waals surface area (Å²) in [6.45, 7) is 1.94. The first-order valence-corrected chi connectivity index (χ1v) is 6.61. The van der Waals surface area contributed by atoms with Crippen LogP contribution in [0.1, 0.15) is 12.5 Å². The van der Waals surface area contributed by atoms with E-state index >= 15 is 0 Å². The van der Waals surface area contributed by atoms with E-state index in [2.05, 4.69) is 0 Å². The summed E-state index contributed by atoms with van der Waals surface area (Å²) < 4.78 is 0. The van der Waals surface area contributed by atoms with Crippen molar-refractivity contribution < 1.29 is 9.59 Å². The number of thioether (sulfide) groups is 1. The highest BCUT2D eigenvalue weighted by molar-refractivity contribution is 8.00. The minimum Gasteiger partial charge on any atom is -0.326 e. The van der Waals surface area contributed by atoms with Crippen LogP contribution in [0.2, 0.25) is 0 Å². The van der Waals surface area contributed by atoms with Crippen molar-refractivity contribution in [1.29, 1.82) is 0 Å². The van der Waals surface area contributed by atoms with Crippen LogP contribution in [0.3, 0.4) is 0 Å². The number of anilines is 1. The van der Waals surface area contributed by atoms with E-state index in [-0.39, 0.29) is 17.6 Å². The molecule has 0 bridgehead atoms. The van der Waals surface area contributed by atoms with E-state index in [4.69, 9.17) is 11.5 Å². The highest BCUT2D eigenvalue weighted by Gasteiger charge is 2.31. The molecule has 0 aromatic heterocycles. The van der Waals surface area contributed by atoms with E-state index in [9.17, 15) is 9.59 Å². The summed E-state index contributed by atoms with van der Waals surface area (Å²) in [7, 11) is 0. The summed E-state index contributed by atoms with van der Waals surface area (Å²) in [5.74, 6) is -0.354. The molecule has 0 radical (unpaired) electrons. The number of rotatable bonds is 2. The molecule has 0 spiro atoms. The predicted octanol–water partition coefficient (Wildman–Crippen LogP) is 0.458. The van der Waals surface area contributed by atoms with Gasteiger partial charge in [-0.05, 0) is 24.6 Å². The van der Waals surface area contributed by atoms with E-state index < -0.39 is 6.04 Å². The van der Waals surface area contributed by atoms with Gasteiger partial charge in [0.15, 0.2) is 0 Å². The predicted molar refractivity (Wildman–Crippen MR) is 71.2 cm³/mol.